The molecule has 8 heteroatoms. The summed E-state index contributed by atoms with van der Waals surface area (Å²) >= 11 is 0. The fraction of sp³-hybridized carbons (Fsp3) is 0.536. The number of rotatable bonds is 18. The molecular formula is C28H39NaO6S. The summed E-state index contributed by atoms with van der Waals surface area (Å²) < 4.78 is 33.3. The SMILES string of the molecule is O=C([O-])CCCCCCC/C=C\C[C@H](O)CCCCCCc1c(S(=O)(=O)O)ccc2ccccc12.[Na+]. The summed E-state index contributed by atoms with van der Waals surface area (Å²) in [7, 11) is -4.27. The van der Waals surface area contributed by atoms with Crippen molar-refractivity contribution in [3.63, 3.8) is 0 Å². The number of aliphatic carboxylic acids is 1. The van der Waals surface area contributed by atoms with Crippen molar-refractivity contribution in [1.82, 2.24) is 0 Å². The van der Waals surface area contributed by atoms with Gasteiger partial charge in [-0.3, -0.25) is 4.55 Å². The van der Waals surface area contributed by atoms with Gasteiger partial charge in [0.2, 0.25) is 0 Å². The van der Waals surface area contributed by atoms with E-state index in [0.29, 0.717) is 24.8 Å². The predicted molar refractivity (Wildman–Crippen MR) is 138 cm³/mol. The molecule has 0 radical (unpaired) electrons. The molecule has 0 aliphatic heterocycles. The number of benzene rings is 2. The molecule has 2 N–H and O–H groups in total. The van der Waals surface area contributed by atoms with Crippen molar-refractivity contribution in [3.05, 3.63) is 54.1 Å². The first kappa shape index (κ1) is 32.8. The Kier molecular flexibility index (Phi) is 16.5. The number of carbonyl (C=O) groups is 1. The minimum Gasteiger partial charge on any atom is -0.550 e. The van der Waals surface area contributed by atoms with Crippen LogP contribution in [0.15, 0.2) is 53.4 Å². The van der Waals surface area contributed by atoms with Crippen LogP contribution in [0.2, 0.25) is 0 Å². The first-order chi connectivity index (χ1) is 16.8. The Bertz CT molecular complexity index is 1050. The third-order valence-corrected chi connectivity index (χ3v) is 7.25. The topological polar surface area (TPSA) is 115 Å². The van der Waals surface area contributed by atoms with Crippen LogP contribution in [-0.4, -0.2) is 30.2 Å². The van der Waals surface area contributed by atoms with Crippen molar-refractivity contribution in [1.29, 1.82) is 0 Å². The van der Waals surface area contributed by atoms with Gasteiger partial charge >= 0.3 is 29.6 Å². The van der Waals surface area contributed by atoms with E-state index >= 15 is 0 Å². The largest absolute Gasteiger partial charge is 1.00 e. The van der Waals surface area contributed by atoms with E-state index in [2.05, 4.69) is 6.08 Å². The van der Waals surface area contributed by atoms with Crippen molar-refractivity contribution < 1.29 is 57.5 Å². The van der Waals surface area contributed by atoms with E-state index in [4.69, 9.17) is 0 Å². The van der Waals surface area contributed by atoms with Crippen LogP contribution < -0.4 is 34.7 Å². The quantitative estimate of drug-likeness (QED) is 0.133. The number of carboxylic acids is 1. The number of carbonyl (C=O) groups excluding carboxylic acids is 1. The summed E-state index contributed by atoms with van der Waals surface area (Å²) in [6.07, 6.45) is 15.4. The van der Waals surface area contributed by atoms with Gasteiger partial charge in [-0.05, 0) is 73.8 Å². The molecule has 0 heterocycles. The van der Waals surface area contributed by atoms with Crippen molar-refractivity contribution in [2.45, 2.75) is 101 Å². The molecular weight excluding hydrogens is 487 g/mol. The van der Waals surface area contributed by atoms with Crippen LogP contribution in [0.4, 0.5) is 0 Å². The number of fused-ring (bicyclic) bond motifs is 1. The van der Waals surface area contributed by atoms with Crippen LogP contribution >= 0.6 is 0 Å². The van der Waals surface area contributed by atoms with Crippen molar-refractivity contribution >= 4 is 26.9 Å². The molecule has 1 atom stereocenters. The van der Waals surface area contributed by atoms with E-state index in [9.17, 15) is 28.0 Å². The molecule has 0 saturated carbocycles. The maximum absolute atomic E-state index is 11.8. The predicted octanol–water partition coefficient (Wildman–Crippen LogP) is 2.37. The maximum atomic E-state index is 11.8. The normalized spacial score (nSPS) is 12.6. The second-order valence-corrected chi connectivity index (χ2v) is 10.6. The van der Waals surface area contributed by atoms with E-state index in [1.807, 2.05) is 30.3 Å². The third-order valence-electron chi connectivity index (χ3n) is 6.32. The molecule has 0 aromatic heterocycles. The molecule has 0 spiro atoms. The van der Waals surface area contributed by atoms with Gasteiger partial charge < -0.3 is 15.0 Å². The van der Waals surface area contributed by atoms with Crippen LogP contribution in [0.5, 0.6) is 0 Å². The summed E-state index contributed by atoms with van der Waals surface area (Å²) in [6, 6.07) is 10.8. The molecule has 6 nitrogen and oxygen atoms in total. The monoisotopic (exact) mass is 526 g/mol. The molecule has 2 rings (SSSR count). The standard InChI is InChI=1S/C28H40O6S.Na/c29-24(16-9-5-3-1-2-4-6-12-20-28(30)31)17-10-7-8-11-19-26-25-18-14-13-15-23(25)21-22-27(26)35(32,33)34;/h5,9,13-15,18,21-22,24,29H,1-4,6-8,10-12,16-17,19-20H2,(H,30,31)(H,32,33,34);/q;+1/p-1/b9-5-;/t24-;/m0./s1. The summed E-state index contributed by atoms with van der Waals surface area (Å²) in [5.74, 6) is -0.971. The zero-order chi connectivity index (χ0) is 25.5. The minimum absolute atomic E-state index is 0. The smallest absolute Gasteiger partial charge is 0.550 e. The van der Waals surface area contributed by atoms with Crippen molar-refractivity contribution in [2.24, 2.45) is 0 Å². The van der Waals surface area contributed by atoms with Crippen molar-refractivity contribution in [3.8, 4) is 0 Å². The van der Waals surface area contributed by atoms with E-state index < -0.39 is 16.1 Å². The van der Waals surface area contributed by atoms with Gasteiger partial charge in [0.15, 0.2) is 0 Å². The molecule has 0 fully saturated rings. The molecule has 0 saturated heterocycles. The molecule has 0 bridgehead atoms. The van der Waals surface area contributed by atoms with Crippen LogP contribution in [0.25, 0.3) is 10.8 Å². The zero-order valence-electron chi connectivity index (χ0n) is 21.5. The molecule has 36 heavy (non-hydrogen) atoms. The van der Waals surface area contributed by atoms with Gasteiger partial charge in [0.25, 0.3) is 10.1 Å². The van der Waals surface area contributed by atoms with Crippen molar-refractivity contribution in [2.75, 3.05) is 0 Å². The summed E-state index contributed by atoms with van der Waals surface area (Å²) in [4.78, 5) is 10.3. The molecule has 194 valence electrons. The van der Waals surface area contributed by atoms with E-state index in [-0.39, 0.29) is 47.0 Å². The first-order valence-corrected chi connectivity index (χ1v) is 14.2. The minimum atomic E-state index is -4.27. The second-order valence-electron chi connectivity index (χ2n) is 9.23. The van der Waals surface area contributed by atoms with E-state index in [1.165, 1.54) is 6.07 Å². The number of allylic oxidation sites excluding steroid dienone is 1. The number of aryl methyl sites for hydroxylation is 1. The Hall–Kier alpha value is -1.22. The number of unbranched alkanes of at least 4 members (excludes halogenated alkanes) is 8. The van der Waals surface area contributed by atoms with Gasteiger partial charge in [-0.1, -0.05) is 81.0 Å². The van der Waals surface area contributed by atoms with Crippen LogP contribution in [0, 0.1) is 0 Å². The first-order valence-electron chi connectivity index (χ1n) is 12.8. The van der Waals surface area contributed by atoms with Crippen LogP contribution in [-0.2, 0) is 21.3 Å². The Morgan fingerprint density at radius 1 is 0.889 bits per heavy atom. The van der Waals surface area contributed by atoms with Gasteiger partial charge in [-0.25, -0.2) is 0 Å². The van der Waals surface area contributed by atoms with Gasteiger partial charge in [-0.2, -0.15) is 8.42 Å². The van der Waals surface area contributed by atoms with E-state index in [1.54, 1.807) is 6.07 Å². The Balaban J connectivity index is 0.00000648. The van der Waals surface area contributed by atoms with Gasteiger partial charge in [0, 0.05) is 5.97 Å². The Morgan fingerprint density at radius 2 is 1.56 bits per heavy atom. The number of aliphatic hydroxyl groups is 1. The third kappa shape index (κ3) is 12.8. The van der Waals surface area contributed by atoms with Gasteiger partial charge in [-0.15, -0.1) is 0 Å². The number of carboxylic acid groups (broad SMARTS) is 1. The number of aliphatic hydroxyl groups excluding tert-OH is 1. The summed E-state index contributed by atoms with van der Waals surface area (Å²) in [5.41, 5.74) is 0.674. The van der Waals surface area contributed by atoms with Crippen LogP contribution in [0.1, 0.15) is 89.0 Å². The van der Waals surface area contributed by atoms with E-state index in [0.717, 1.165) is 75.0 Å². The van der Waals surface area contributed by atoms with Gasteiger partial charge in [0.05, 0.1) is 11.0 Å². The Morgan fingerprint density at radius 3 is 2.31 bits per heavy atom. The average molecular weight is 527 g/mol. The molecule has 2 aromatic carbocycles. The van der Waals surface area contributed by atoms with Crippen LogP contribution in [0.3, 0.4) is 0 Å². The second kappa shape index (κ2) is 18.1. The average Bonchev–Trinajstić information content (AvgIpc) is 2.81. The molecule has 0 aliphatic carbocycles. The molecule has 0 unspecified atom stereocenters. The fourth-order valence-electron chi connectivity index (χ4n) is 4.40. The zero-order valence-corrected chi connectivity index (χ0v) is 24.3. The van der Waals surface area contributed by atoms with Gasteiger partial charge in [0.1, 0.15) is 0 Å². The maximum Gasteiger partial charge on any atom is 1.00 e. The molecule has 0 amide bonds. The fourth-order valence-corrected chi connectivity index (χ4v) is 5.17. The summed E-state index contributed by atoms with van der Waals surface area (Å²) in [6.45, 7) is 0. The number of hydrogen-bond donors (Lipinski definition) is 2. The molecule has 2 aromatic rings. The summed E-state index contributed by atoms with van der Waals surface area (Å²) in [5, 5.41) is 22.3. The number of hydrogen-bond acceptors (Lipinski definition) is 5. The molecule has 0 aliphatic rings. The Labute approximate surface area is 238 Å².